The summed E-state index contributed by atoms with van der Waals surface area (Å²) in [6, 6.07) is 0.356. The van der Waals surface area contributed by atoms with Crippen LogP contribution in [-0.4, -0.2) is 34.8 Å². The highest BCUT2D eigenvalue weighted by atomic mass is 16.5. The van der Waals surface area contributed by atoms with Crippen LogP contribution in [0.4, 0.5) is 5.82 Å². The Morgan fingerprint density at radius 1 is 1.44 bits per heavy atom. The smallest absolute Gasteiger partial charge is 0.144 e. The fraction of sp³-hybridized carbons (Fsp3) is 0.636. The van der Waals surface area contributed by atoms with Gasteiger partial charge in [0.1, 0.15) is 5.82 Å². The van der Waals surface area contributed by atoms with Gasteiger partial charge in [-0.1, -0.05) is 0 Å². The Balaban J connectivity index is 1.68. The number of hydrogen-bond donors (Lipinski definition) is 2. The zero-order valence-electron chi connectivity index (χ0n) is 9.04. The molecular formula is C11H16N4O. The molecule has 1 aliphatic heterocycles. The summed E-state index contributed by atoms with van der Waals surface area (Å²) >= 11 is 0. The predicted molar refractivity (Wildman–Crippen MR) is 59.9 cm³/mol. The van der Waals surface area contributed by atoms with Crippen LogP contribution in [0, 0.1) is 5.92 Å². The summed E-state index contributed by atoms with van der Waals surface area (Å²) in [6.45, 7) is 0.854. The third kappa shape index (κ3) is 1.56. The molecule has 3 rings (SSSR count). The summed E-state index contributed by atoms with van der Waals surface area (Å²) in [5, 5.41) is 3.30. The van der Waals surface area contributed by atoms with E-state index in [9.17, 15) is 0 Å². The van der Waals surface area contributed by atoms with Crippen LogP contribution in [0.3, 0.4) is 0 Å². The largest absolute Gasteiger partial charge is 0.376 e. The Morgan fingerprint density at radius 3 is 3.19 bits per heavy atom. The van der Waals surface area contributed by atoms with E-state index in [4.69, 9.17) is 10.5 Å². The summed E-state index contributed by atoms with van der Waals surface area (Å²) in [4.78, 5) is 8.21. The molecule has 2 fully saturated rings. The van der Waals surface area contributed by atoms with E-state index < -0.39 is 0 Å². The molecule has 1 aromatic heterocycles. The van der Waals surface area contributed by atoms with Crippen molar-refractivity contribution in [3.8, 4) is 0 Å². The highest BCUT2D eigenvalue weighted by Crippen LogP contribution is 2.38. The Hall–Kier alpha value is -1.20. The van der Waals surface area contributed by atoms with Crippen molar-refractivity contribution in [2.75, 3.05) is 11.9 Å². The number of nitrogens with two attached hydrogens (primary N) is 1. The molecule has 16 heavy (non-hydrogen) atoms. The molecule has 0 radical (unpaired) electrons. The van der Waals surface area contributed by atoms with Crippen LogP contribution in [0.2, 0.25) is 0 Å². The van der Waals surface area contributed by atoms with Crippen molar-refractivity contribution in [2.45, 2.75) is 31.0 Å². The normalized spacial score (nSPS) is 37.3. The maximum atomic E-state index is 6.13. The van der Waals surface area contributed by atoms with Crippen LogP contribution in [0.25, 0.3) is 0 Å². The lowest BCUT2D eigenvalue weighted by Crippen LogP contribution is -2.69. The third-order valence-electron chi connectivity index (χ3n) is 3.55. The van der Waals surface area contributed by atoms with Gasteiger partial charge in [0.25, 0.3) is 0 Å². The Labute approximate surface area is 94.4 Å². The number of rotatable bonds is 2. The Kier molecular flexibility index (Phi) is 2.49. The molecule has 1 aliphatic carbocycles. The summed E-state index contributed by atoms with van der Waals surface area (Å²) in [5.74, 6) is 1.29. The molecule has 0 amide bonds. The van der Waals surface area contributed by atoms with Crippen LogP contribution in [0.1, 0.15) is 12.8 Å². The summed E-state index contributed by atoms with van der Waals surface area (Å²) < 4.78 is 5.74. The first-order valence-electron chi connectivity index (χ1n) is 5.76. The van der Waals surface area contributed by atoms with Gasteiger partial charge in [-0.05, 0) is 12.8 Å². The minimum absolute atomic E-state index is 0.173. The molecule has 5 nitrogen and oxygen atoms in total. The fourth-order valence-corrected chi connectivity index (χ4v) is 2.67. The van der Waals surface area contributed by atoms with Crippen molar-refractivity contribution in [3.63, 3.8) is 0 Å². The average molecular weight is 220 g/mol. The second kappa shape index (κ2) is 3.99. The minimum atomic E-state index is 0.173. The lowest BCUT2D eigenvalue weighted by Gasteiger charge is -2.52. The van der Waals surface area contributed by atoms with Gasteiger partial charge in [-0.2, -0.15) is 0 Å². The van der Waals surface area contributed by atoms with E-state index in [1.54, 1.807) is 18.6 Å². The second-order valence-electron chi connectivity index (χ2n) is 4.48. The first kappa shape index (κ1) is 9.99. The first-order valence-corrected chi connectivity index (χ1v) is 5.76. The zero-order valence-corrected chi connectivity index (χ0v) is 9.04. The van der Waals surface area contributed by atoms with E-state index >= 15 is 0 Å². The van der Waals surface area contributed by atoms with Crippen molar-refractivity contribution in [2.24, 2.45) is 11.7 Å². The van der Waals surface area contributed by atoms with Crippen molar-refractivity contribution in [3.05, 3.63) is 18.6 Å². The van der Waals surface area contributed by atoms with E-state index in [1.807, 2.05) is 0 Å². The van der Waals surface area contributed by atoms with Gasteiger partial charge in [-0.3, -0.25) is 4.98 Å². The fourth-order valence-electron chi connectivity index (χ4n) is 2.67. The van der Waals surface area contributed by atoms with Crippen molar-refractivity contribution >= 4 is 5.82 Å². The average Bonchev–Trinajstić information content (AvgIpc) is 2.37. The van der Waals surface area contributed by atoms with Gasteiger partial charge < -0.3 is 15.8 Å². The van der Waals surface area contributed by atoms with Gasteiger partial charge in [0.2, 0.25) is 0 Å². The monoisotopic (exact) mass is 220 g/mol. The molecule has 0 aromatic carbocycles. The van der Waals surface area contributed by atoms with Gasteiger partial charge in [0, 0.05) is 31.0 Å². The van der Waals surface area contributed by atoms with Crippen LogP contribution in [0.15, 0.2) is 18.6 Å². The van der Waals surface area contributed by atoms with Gasteiger partial charge in [-0.25, -0.2) is 4.98 Å². The molecule has 3 N–H and O–H groups in total. The molecule has 5 heteroatoms. The molecular weight excluding hydrogens is 204 g/mol. The summed E-state index contributed by atoms with van der Waals surface area (Å²) in [7, 11) is 0. The number of anilines is 1. The van der Waals surface area contributed by atoms with Gasteiger partial charge in [0.15, 0.2) is 0 Å². The van der Waals surface area contributed by atoms with E-state index in [0.717, 1.165) is 18.8 Å². The van der Waals surface area contributed by atoms with Crippen molar-refractivity contribution < 1.29 is 4.74 Å². The quantitative estimate of drug-likeness (QED) is 0.754. The maximum absolute atomic E-state index is 6.13. The lowest BCUT2D eigenvalue weighted by atomic mass is 9.69. The summed E-state index contributed by atoms with van der Waals surface area (Å²) in [6.07, 6.45) is 7.61. The number of nitrogens with zero attached hydrogens (tertiary/aromatic N) is 2. The predicted octanol–water partition coefficient (Wildman–Crippen LogP) is 0.393. The number of nitrogens with one attached hydrogen (secondary N) is 1. The van der Waals surface area contributed by atoms with E-state index in [0.29, 0.717) is 5.92 Å². The molecule has 2 aliphatic rings. The van der Waals surface area contributed by atoms with E-state index in [-0.39, 0.29) is 18.2 Å². The van der Waals surface area contributed by atoms with Crippen LogP contribution in [-0.2, 0) is 4.74 Å². The second-order valence-corrected chi connectivity index (χ2v) is 4.48. The summed E-state index contributed by atoms with van der Waals surface area (Å²) in [5.41, 5.74) is 6.13. The highest BCUT2D eigenvalue weighted by Gasteiger charge is 2.50. The maximum Gasteiger partial charge on any atom is 0.144 e. The Morgan fingerprint density at radius 2 is 2.38 bits per heavy atom. The number of ether oxygens (including phenoxy) is 1. The zero-order chi connectivity index (χ0) is 11.0. The molecule has 4 unspecified atom stereocenters. The minimum Gasteiger partial charge on any atom is -0.376 e. The molecule has 4 atom stereocenters. The molecule has 1 saturated heterocycles. The molecule has 2 heterocycles. The van der Waals surface area contributed by atoms with Crippen LogP contribution in [0.5, 0.6) is 0 Å². The third-order valence-corrected chi connectivity index (χ3v) is 3.55. The van der Waals surface area contributed by atoms with Crippen molar-refractivity contribution in [1.29, 1.82) is 0 Å². The molecule has 1 saturated carbocycles. The number of aromatic nitrogens is 2. The first-order chi connectivity index (χ1) is 7.86. The standard InChI is InChI=1S/C11H16N4O/c12-9-7-2-1-5-16-11(7)10(9)15-8-6-13-3-4-14-8/h3-4,6-7,9-11H,1-2,5,12H2,(H,14,15). The van der Waals surface area contributed by atoms with Gasteiger partial charge >= 0.3 is 0 Å². The van der Waals surface area contributed by atoms with Gasteiger partial charge in [0.05, 0.1) is 18.3 Å². The SMILES string of the molecule is NC1C2CCCOC2C1Nc1cnccn1. The van der Waals surface area contributed by atoms with Gasteiger partial charge in [-0.15, -0.1) is 0 Å². The highest BCUT2D eigenvalue weighted by molar-refractivity contribution is 5.35. The number of hydrogen-bond acceptors (Lipinski definition) is 5. The molecule has 0 bridgehead atoms. The van der Waals surface area contributed by atoms with E-state index in [2.05, 4.69) is 15.3 Å². The molecule has 1 aromatic rings. The van der Waals surface area contributed by atoms with Crippen molar-refractivity contribution in [1.82, 2.24) is 9.97 Å². The van der Waals surface area contributed by atoms with E-state index in [1.165, 1.54) is 6.42 Å². The molecule has 0 spiro atoms. The molecule has 86 valence electrons. The van der Waals surface area contributed by atoms with Crippen LogP contribution >= 0.6 is 0 Å². The number of fused-ring (bicyclic) bond motifs is 1. The Bertz CT molecular complexity index is 358. The topological polar surface area (TPSA) is 73.1 Å². The van der Waals surface area contributed by atoms with Crippen LogP contribution < -0.4 is 11.1 Å². The lowest BCUT2D eigenvalue weighted by molar-refractivity contribution is -0.104.